The first-order chi connectivity index (χ1) is 12.0. The normalized spacial score (nSPS) is 19.8. The molecule has 130 valence electrons. The lowest BCUT2D eigenvalue weighted by Crippen LogP contribution is -2.30. The highest BCUT2D eigenvalue weighted by Crippen LogP contribution is 2.42. The molecule has 0 saturated carbocycles. The summed E-state index contributed by atoms with van der Waals surface area (Å²) in [6, 6.07) is 13.6. The molecule has 1 heterocycles. The second kappa shape index (κ2) is 6.84. The van der Waals surface area contributed by atoms with Gasteiger partial charge in [0.2, 0.25) is 5.91 Å². The van der Waals surface area contributed by atoms with Crippen LogP contribution in [0.25, 0.3) is 0 Å². The lowest BCUT2D eigenvalue weighted by atomic mass is 9.93. The SMILES string of the molecule is COc1ccc([C@@H]2[C@H](C(=O)O)CC(=O)N2c2ccc(OC)cc2)cc1. The van der Waals surface area contributed by atoms with Crippen molar-refractivity contribution in [1.82, 2.24) is 0 Å². The van der Waals surface area contributed by atoms with E-state index in [4.69, 9.17) is 9.47 Å². The molecule has 1 saturated heterocycles. The Labute approximate surface area is 145 Å². The zero-order chi connectivity index (χ0) is 18.0. The van der Waals surface area contributed by atoms with E-state index in [-0.39, 0.29) is 12.3 Å². The summed E-state index contributed by atoms with van der Waals surface area (Å²) in [5.74, 6) is -0.645. The van der Waals surface area contributed by atoms with Gasteiger partial charge in [-0.3, -0.25) is 9.59 Å². The van der Waals surface area contributed by atoms with Crippen LogP contribution in [0.5, 0.6) is 11.5 Å². The van der Waals surface area contributed by atoms with Crippen molar-refractivity contribution in [2.45, 2.75) is 12.5 Å². The van der Waals surface area contributed by atoms with Gasteiger partial charge in [-0.25, -0.2) is 0 Å². The molecule has 0 aliphatic carbocycles. The predicted octanol–water partition coefficient (Wildman–Crippen LogP) is 2.88. The molecule has 0 radical (unpaired) electrons. The van der Waals surface area contributed by atoms with Crippen LogP contribution in [-0.2, 0) is 9.59 Å². The molecule has 6 heteroatoms. The van der Waals surface area contributed by atoms with Crippen molar-refractivity contribution in [3.8, 4) is 11.5 Å². The summed E-state index contributed by atoms with van der Waals surface area (Å²) < 4.78 is 10.3. The quantitative estimate of drug-likeness (QED) is 0.905. The third-order valence-electron chi connectivity index (χ3n) is 4.45. The smallest absolute Gasteiger partial charge is 0.309 e. The Kier molecular flexibility index (Phi) is 4.61. The van der Waals surface area contributed by atoms with E-state index in [2.05, 4.69) is 0 Å². The number of ether oxygens (including phenoxy) is 2. The molecule has 1 aliphatic rings. The van der Waals surface area contributed by atoms with Gasteiger partial charge in [0.05, 0.1) is 26.2 Å². The Hall–Kier alpha value is -3.02. The number of nitrogens with zero attached hydrogens (tertiary/aromatic N) is 1. The fourth-order valence-electron chi connectivity index (χ4n) is 3.19. The zero-order valence-corrected chi connectivity index (χ0v) is 14.0. The molecular weight excluding hydrogens is 322 g/mol. The van der Waals surface area contributed by atoms with Crippen LogP contribution >= 0.6 is 0 Å². The highest BCUT2D eigenvalue weighted by Gasteiger charge is 2.45. The average molecular weight is 341 g/mol. The number of carbonyl (C=O) groups excluding carboxylic acids is 1. The van der Waals surface area contributed by atoms with E-state index in [1.165, 1.54) is 0 Å². The number of carboxylic acids is 1. The lowest BCUT2D eigenvalue weighted by Gasteiger charge is -2.27. The molecule has 3 rings (SSSR count). The molecule has 1 fully saturated rings. The monoisotopic (exact) mass is 341 g/mol. The molecule has 25 heavy (non-hydrogen) atoms. The van der Waals surface area contributed by atoms with Crippen molar-refractivity contribution >= 4 is 17.6 Å². The first kappa shape index (κ1) is 16.8. The number of carbonyl (C=O) groups is 2. The molecule has 0 bridgehead atoms. The summed E-state index contributed by atoms with van der Waals surface area (Å²) in [5, 5.41) is 9.59. The number of rotatable bonds is 5. The highest BCUT2D eigenvalue weighted by atomic mass is 16.5. The van der Waals surface area contributed by atoms with Crippen molar-refractivity contribution < 1.29 is 24.2 Å². The molecule has 2 aromatic rings. The third kappa shape index (κ3) is 3.15. The van der Waals surface area contributed by atoms with Crippen LogP contribution in [-0.4, -0.2) is 31.2 Å². The lowest BCUT2D eigenvalue weighted by molar-refractivity contribution is -0.142. The highest BCUT2D eigenvalue weighted by molar-refractivity contribution is 6.00. The summed E-state index contributed by atoms with van der Waals surface area (Å²) in [4.78, 5) is 25.8. The van der Waals surface area contributed by atoms with Gasteiger partial charge in [0.15, 0.2) is 0 Å². The Morgan fingerprint density at radius 3 is 2.00 bits per heavy atom. The van der Waals surface area contributed by atoms with Crippen LogP contribution in [0.3, 0.4) is 0 Å². The first-order valence-corrected chi connectivity index (χ1v) is 7.88. The molecule has 2 aromatic carbocycles. The average Bonchev–Trinajstić information content (AvgIpc) is 2.99. The zero-order valence-electron chi connectivity index (χ0n) is 14.0. The van der Waals surface area contributed by atoms with Gasteiger partial charge >= 0.3 is 5.97 Å². The predicted molar refractivity (Wildman–Crippen MR) is 92.0 cm³/mol. The molecule has 0 spiro atoms. The van der Waals surface area contributed by atoms with Gasteiger partial charge in [0.25, 0.3) is 0 Å². The Morgan fingerprint density at radius 2 is 1.52 bits per heavy atom. The number of methoxy groups -OCH3 is 2. The first-order valence-electron chi connectivity index (χ1n) is 7.88. The number of hydrogen-bond donors (Lipinski definition) is 1. The number of carboxylic acid groups (broad SMARTS) is 1. The van der Waals surface area contributed by atoms with E-state index in [1.807, 2.05) is 0 Å². The number of hydrogen-bond acceptors (Lipinski definition) is 4. The molecule has 1 N–H and O–H groups in total. The fraction of sp³-hybridized carbons (Fsp3) is 0.263. The number of benzene rings is 2. The van der Waals surface area contributed by atoms with E-state index >= 15 is 0 Å². The molecule has 6 nitrogen and oxygen atoms in total. The largest absolute Gasteiger partial charge is 0.497 e. The van der Waals surface area contributed by atoms with Crippen LogP contribution in [0.1, 0.15) is 18.0 Å². The minimum Gasteiger partial charge on any atom is -0.497 e. The fourth-order valence-corrected chi connectivity index (χ4v) is 3.19. The minimum absolute atomic E-state index is 0.0297. The van der Waals surface area contributed by atoms with E-state index in [0.717, 1.165) is 5.56 Å². The van der Waals surface area contributed by atoms with Gasteiger partial charge in [-0.15, -0.1) is 0 Å². The standard InChI is InChI=1S/C19H19NO5/c1-24-14-7-3-12(4-8-14)18-16(19(22)23)11-17(21)20(18)13-5-9-15(25-2)10-6-13/h3-10,16,18H,11H2,1-2H3,(H,22,23)/t16-,18-/m1/s1. The minimum atomic E-state index is -0.981. The summed E-state index contributed by atoms with van der Waals surface area (Å²) in [6.45, 7) is 0. The molecule has 0 aromatic heterocycles. The van der Waals surface area contributed by atoms with Crippen molar-refractivity contribution in [2.24, 2.45) is 5.92 Å². The molecular formula is C19H19NO5. The van der Waals surface area contributed by atoms with E-state index < -0.39 is 17.9 Å². The van der Waals surface area contributed by atoms with Crippen LogP contribution in [0.15, 0.2) is 48.5 Å². The molecule has 1 aliphatic heterocycles. The van der Waals surface area contributed by atoms with Gasteiger partial charge < -0.3 is 19.5 Å². The maximum absolute atomic E-state index is 12.6. The topological polar surface area (TPSA) is 76.1 Å². The van der Waals surface area contributed by atoms with Crippen molar-refractivity contribution in [1.29, 1.82) is 0 Å². The Morgan fingerprint density at radius 1 is 1.00 bits per heavy atom. The summed E-state index contributed by atoms with van der Waals surface area (Å²) in [6.07, 6.45) is -0.0297. The third-order valence-corrected chi connectivity index (χ3v) is 4.45. The van der Waals surface area contributed by atoms with Crippen molar-refractivity contribution in [3.05, 3.63) is 54.1 Å². The number of anilines is 1. The number of aliphatic carboxylic acids is 1. The summed E-state index contributed by atoms with van der Waals surface area (Å²) >= 11 is 0. The van der Waals surface area contributed by atoms with E-state index in [9.17, 15) is 14.7 Å². The van der Waals surface area contributed by atoms with Crippen molar-refractivity contribution in [3.63, 3.8) is 0 Å². The van der Waals surface area contributed by atoms with Gasteiger partial charge in [-0.05, 0) is 42.0 Å². The second-order valence-electron chi connectivity index (χ2n) is 5.83. The van der Waals surface area contributed by atoms with Crippen LogP contribution < -0.4 is 14.4 Å². The van der Waals surface area contributed by atoms with Gasteiger partial charge in [-0.2, -0.15) is 0 Å². The summed E-state index contributed by atoms with van der Waals surface area (Å²) in [7, 11) is 3.13. The van der Waals surface area contributed by atoms with Gasteiger partial charge in [0, 0.05) is 12.1 Å². The summed E-state index contributed by atoms with van der Waals surface area (Å²) in [5.41, 5.74) is 1.41. The number of amides is 1. The van der Waals surface area contributed by atoms with Crippen LogP contribution in [0, 0.1) is 5.92 Å². The Bertz CT molecular complexity index is 769. The second-order valence-corrected chi connectivity index (χ2v) is 5.83. The van der Waals surface area contributed by atoms with Crippen molar-refractivity contribution in [2.75, 3.05) is 19.1 Å². The van der Waals surface area contributed by atoms with E-state index in [0.29, 0.717) is 17.2 Å². The van der Waals surface area contributed by atoms with Gasteiger partial charge in [0.1, 0.15) is 11.5 Å². The molecule has 0 unspecified atom stereocenters. The molecule has 1 amide bonds. The van der Waals surface area contributed by atoms with Crippen LogP contribution in [0.2, 0.25) is 0 Å². The van der Waals surface area contributed by atoms with Crippen LogP contribution in [0.4, 0.5) is 5.69 Å². The van der Waals surface area contributed by atoms with Gasteiger partial charge in [-0.1, -0.05) is 12.1 Å². The maximum Gasteiger partial charge on any atom is 0.309 e. The van der Waals surface area contributed by atoms with E-state index in [1.54, 1.807) is 67.7 Å². The Balaban J connectivity index is 2.03. The maximum atomic E-state index is 12.6. The molecule has 2 atom stereocenters.